The molecule has 1 saturated heterocycles. The minimum atomic E-state index is -4.19. The molecule has 5 nitrogen and oxygen atoms in total. The zero-order chi connectivity index (χ0) is 14.8. The van der Waals surface area contributed by atoms with Crippen molar-refractivity contribution in [3.05, 3.63) is 23.9 Å². The number of rotatable bonds is 2. The molecule has 3 N–H and O–H groups in total. The first-order valence-corrected chi connectivity index (χ1v) is 6.17. The molecule has 0 aromatic carbocycles. The Morgan fingerprint density at radius 3 is 2.90 bits per heavy atom. The van der Waals surface area contributed by atoms with Gasteiger partial charge in [-0.1, -0.05) is 5.16 Å². The molecule has 8 heteroatoms. The molecule has 0 radical (unpaired) electrons. The molecule has 0 aliphatic carbocycles. The van der Waals surface area contributed by atoms with Crippen molar-refractivity contribution >= 4 is 11.7 Å². The number of piperidine rings is 1. The topological polar surface area (TPSA) is 74.7 Å². The number of hydrogen-bond acceptors (Lipinski definition) is 4. The largest absolute Gasteiger partial charge is 0.409 e. The van der Waals surface area contributed by atoms with Crippen molar-refractivity contribution in [2.24, 2.45) is 16.8 Å². The first-order chi connectivity index (χ1) is 9.41. The van der Waals surface area contributed by atoms with E-state index in [9.17, 15) is 13.2 Å². The highest BCUT2D eigenvalue weighted by atomic mass is 19.4. The summed E-state index contributed by atoms with van der Waals surface area (Å²) in [6.45, 7) is 0.398. The van der Waals surface area contributed by atoms with Gasteiger partial charge in [-0.25, -0.2) is 4.98 Å². The SMILES string of the molecule is NC(=NO)c1ccnc(N2CCCC(C(F)(F)F)C2)c1. The Kier molecular flexibility index (Phi) is 4.01. The van der Waals surface area contributed by atoms with Crippen LogP contribution in [-0.4, -0.2) is 35.3 Å². The van der Waals surface area contributed by atoms with Crippen LogP contribution in [0.2, 0.25) is 0 Å². The lowest BCUT2D eigenvalue weighted by Gasteiger charge is -2.34. The fourth-order valence-corrected chi connectivity index (χ4v) is 2.26. The van der Waals surface area contributed by atoms with Crippen molar-refractivity contribution in [1.82, 2.24) is 4.98 Å². The van der Waals surface area contributed by atoms with Crippen molar-refractivity contribution < 1.29 is 18.4 Å². The molecular weight excluding hydrogens is 273 g/mol. The number of hydrogen-bond donors (Lipinski definition) is 2. The first kappa shape index (κ1) is 14.4. The predicted molar refractivity (Wildman–Crippen MR) is 67.7 cm³/mol. The van der Waals surface area contributed by atoms with Crippen LogP contribution < -0.4 is 10.6 Å². The maximum Gasteiger partial charge on any atom is 0.393 e. The molecule has 0 amide bonds. The number of oxime groups is 1. The lowest BCUT2D eigenvalue weighted by molar-refractivity contribution is -0.176. The third-order valence-electron chi connectivity index (χ3n) is 3.36. The second-order valence-electron chi connectivity index (χ2n) is 4.71. The Hall–Kier alpha value is -1.99. The molecule has 2 heterocycles. The highest BCUT2D eigenvalue weighted by Gasteiger charge is 2.42. The van der Waals surface area contributed by atoms with Crippen LogP contribution in [0.4, 0.5) is 19.0 Å². The standard InChI is InChI=1S/C12H15F3N4O/c13-12(14,15)9-2-1-5-19(7-9)10-6-8(3-4-17-10)11(16)18-20/h3-4,6,9,20H,1-2,5,7H2,(H2,16,18). The number of pyridine rings is 1. The summed E-state index contributed by atoms with van der Waals surface area (Å²) in [5, 5.41) is 11.5. The highest BCUT2D eigenvalue weighted by Crippen LogP contribution is 2.34. The molecule has 0 saturated carbocycles. The Bertz CT molecular complexity index is 504. The summed E-state index contributed by atoms with van der Waals surface area (Å²) < 4.78 is 38.3. The lowest BCUT2D eigenvalue weighted by Crippen LogP contribution is -2.42. The summed E-state index contributed by atoms with van der Waals surface area (Å²) in [7, 11) is 0. The Morgan fingerprint density at radius 1 is 1.50 bits per heavy atom. The minimum absolute atomic E-state index is 0.0990. The Balaban J connectivity index is 2.19. The van der Waals surface area contributed by atoms with Crippen LogP contribution in [0, 0.1) is 5.92 Å². The molecule has 1 unspecified atom stereocenters. The fourth-order valence-electron chi connectivity index (χ4n) is 2.26. The zero-order valence-corrected chi connectivity index (χ0v) is 10.6. The van der Waals surface area contributed by atoms with Crippen LogP contribution in [0.1, 0.15) is 18.4 Å². The zero-order valence-electron chi connectivity index (χ0n) is 10.6. The van der Waals surface area contributed by atoms with E-state index < -0.39 is 12.1 Å². The van der Waals surface area contributed by atoms with Gasteiger partial charge in [0.15, 0.2) is 5.84 Å². The van der Waals surface area contributed by atoms with Crippen LogP contribution in [0.25, 0.3) is 0 Å². The lowest BCUT2D eigenvalue weighted by atomic mass is 9.97. The van der Waals surface area contributed by atoms with E-state index in [1.165, 1.54) is 18.3 Å². The van der Waals surface area contributed by atoms with Gasteiger partial charge in [-0.05, 0) is 25.0 Å². The fraction of sp³-hybridized carbons (Fsp3) is 0.500. The second-order valence-corrected chi connectivity index (χ2v) is 4.71. The van der Waals surface area contributed by atoms with E-state index in [4.69, 9.17) is 10.9 Å². The molecule has 110 valence electrons. The van der Waals surface area contributed by atoms with E-state index in [1.807, 2.05) is 0 Å². The molecule has 20 heavy (non-hydrogen) atoms. The number of aromatic nitrogens is 1. The molecule has 1 atom stereocenters. The normalized spacial score (nSPS) is 21.1. The van der Waals surface area contributed by atoms with Crippen molar-refractivity contribution in [2.75, 3.05) is 18.0 Å². The van der Waals surface area contributed by atoms with Crippen molar-refractivity contribution in [3.8, 4) is 0 Å². The average molecular weight is 288 g/mol. The van der Waals surface area contributed by atoms with Gasteiger partial charge >= 0.3 is 6.18 Å². The van der Waals surface area contributed by atoms with Gasteiger partial charge in [-0.2, -0.15) is 13.2 Å². The van der Waals surface area contributed by atoms with Gasteiger partial charge in [0, 0.05) is 24.8 Å². The van der Waals surface area contributed by atoms with Gasteiger partial charge in [0.1, 0.15) is 5.82 Å². The van der Waals surface area contributed by atoms with E-state index in [-0.39, 0.29) is 18.8 Å². The summed E-state index contributed by atoms with van der Waals surface area (Å²) in [6.07, 6.45) is -2.17. The van der Waals surface area contributed by atoms with Crippen molar-refractivity contribution in [3.63, 3.8) is 0 Å². The van der Waals surface area contributed by atoms with E-state index in [0.717, 1.165) is 0 Å². The number of nitrogens with two attached hydrogens (primary N) is 1. The monoisotopic (exact) mass is 288 g/mol. The Morgan fingerprint density at radius 2 is 2.25 bits per heavy atom. The van der Waals surface area contributed by atoms with E-state index in [0.29, 0.717) is 24.3 Å². The summed E-state index contributed by atoms with van der Waals surface area (Å²) in [5.74, 6) is -1.04. The molecule has 0 spiro atoms. The number of nitrogens with zero attached hydrogens (tertiary/aromatic N) is 3. The van der Waals surface area contributed by atoms with E-state index >= 15 is 0 Å². The van der Waals surface area contributed by atoms with Crippen LogP contribution in [0.3, 0.4) is 0 Å². The smallest absolute Gasteiger partial charge is 0.393 e. The molecule has 1 aliphatic heterocycles. The minimum Gasteiger partial charge on any atom is -0.409 e. The van der Waals surface area contributed by atoms with Crippen molar-refractivity contribution in [2.45, 2.75) is 19.0 Å². The maximum absolute atomic E-state index is 12.8. The van der Waals surface area contributed by atoms with Crippen LogP contribution >= 0.6 is 0 Å². The molecule has 1 aromatic rings. The molecule has 0 bridgehead atoms. The maximum atomic E-state index is 12.8. The molecule has 1 aliphatic rings. The van der Waals surface area contributed by atoms with Crippen LogP contribution in [0.15, 0.2) is 23.5 Å². The number of halogens is 3. The third kappa shape index (κ3) is 3.12. The molecule has 2 rings (SSSR count). The van der Waals surface area contributed by atoms with Gasteiger partial charge < -0.3 is 15.8 Å². The first-order valence-electron chi connectivity index (χ1n) is 6.17. The molecular formula is C12H15F3N4O. The van der Waals surface area contributed by atoms with Gasteiger partial charge in [0.2, 0.25) is 0 Å². The molecule has 1 fully saturated rings. The predicted octanol–water partition coefficient (Wildman–Crippen LogP) is 1.95. The van der Waals surface area contributed by atoms with Gasteiger partial charge in [0.25, 0.3) is 0 Å². The van der Waals surface area contributed by atoms with E-state index in [1.54, 1.807) is 4.90 Å². The van der Waals surface area contributed by atoms with E-state index in [2.05, 4.69) is 10.1 Å². The van der Waals surface area contributed by atoms with Gasteiger partial charge in [-0.3, -0.25) is 0 Å². The summed E-state index contributed by atoms with van der Waals surface area (Å²) in [5.41, 5.74) is 5.89. The Labute approximate surface area is 113 Å². The average Bonchev–Trinajstić information content (AvgIpc) is 2.46. The summed E-state index contributed by atoms with van der Waals surface area (Å²) in [6, 6.07) is 3.05. The summed E-state index contributed by atoms with van der Waals surface area (Å²) >= 11 is 0. The number of anilines is 1. The number of alkyl halides is 3. The van der Waals surface area contributed by atoms with Gasteiger partial charge in [0.05, 0.1) is 5.92 Å². The molecule has 1 aromatic heterocycles. The highest BCUT2D eigenvalue weighted by molar-refractivity contribution is 5.97. The quantitative estimate of drug-likeness (QED) is 0.377. The van der Waals surface area contributed by atoms with Crippen molar-refractivity contribution in [1.29, 1.82) is 0 Å². The summed E-state index contributed by atoms with van der Waals surface area (Å²) in [4.78, 5) is 5.64. The number of amidine groups is 1. The second kappa shape index (κ2) is 5.56. The third-order valence-corrected chi connectivity index (χ3v) is 3.36. The van der Waals surface area contributed by atoms with Crippen LogP contribution in [0.5, 0.6) is 0 Å². The van der Waals surface area contributed by atoms with Crippen LogP contribution in [-0.2, 0) is 0 Å². The van der Waals surface area contributed by atoms with Gasteiger partial charge in [-0.15, -0.1) is 0 Å².